The molecule has 17 heavy (non-hydrogen) atoms. The molecule has 1 aromatic rings. The second kappa shape index (κ2) is 5.35. The Labute approximate surface area is 101 Å². The number of anilines is 2. The second-order valence-corrected chi connectivity index (χ2v) is 5.75. The van der Waals surface area contributed by atoms with Crippen molar-refractivity contribution >= 4 is 21.4 Å². The minimum atomic E-state index is -3.50. The van der Waals surface area contributed by atoms with Gasteiger partial charge in [0.1, 0.15) is 5.82 Å². The Kier molecular flexibility index (Phi) is 4.34. The highest BCUT2D eigenvalue weighted by atomic mass is 32.2. The van der Waals surface area contributed by atoms with Gasteiger partial charge in [-0.2, -0.15) is 0 Å². The molecule has 0 atom stereocenters. The maximum Gasteiger partial charge on any atom is 0.232 e. The Morgan fingerprint density at radius 3 is 2.65 bits per heavy atom. The lowest BCUT2D eigenvalue weighted by Gasteiger charge is -2.12. The molecule has 3 N–H and O–H groups in total. The molecule has 0 aromatic heterocycles. The normalized spacial score (nSPS) is 11.5. The van der Waals surface area contributed by atoms with Crippen molar-refractivity contribution in [3.05, 3.63) is 23.5 Å². The number of nitrogen functional groups attached to an aromatic ring is 1. The fraction of sp³-hybridized carbons (Fsp3) is 0.455. The van der Waals surface area contributed by atoms with Gasteiger partial charge in [0, 0.05) is 5.69 Å². The van der Waals surface area contributed by atoms with Crippen LogP contribution in [0.5, 0.6) is 0 Å². The molecule has 0 amide bonds. The quantitative estimate of drug-likeness (QED) is 0.798. The van der Waals surface area contributed by atoms with Crippen LogP contribution < -0.4 is 10.5 Å². The number of benzene rings is 1. The van der Waals surface area contributed by atoms with Gasteiger partial charge in [0.25, 0.3) is 0 Å². The van der Waals surface area contributed by atoms with E-state index in [-0.39, 0.29) is 11.4 Å². The van der Waals surface area contributed by atoms with E-state index in [1.165, 1.54) is 6.07 Å². The van der Waals surface area contributed by atoms with Crippen LogP contribution >= 0.6 is 0 Å². The molecular formula is C11H17FN2O2S. The third kappa shape index (κ3) is 3.59. The lowest BCUT2D eigenvalue weighted by atomic mass is 10.1. The first-order valence-corrected chi connectivity index (χ1v) is 7.07. The van der Waals surface area contributed by atoms with Crippen molar-refractivity contribution in [3.63, 3.8) is 0 Å². The van der Waals surface area contributed by atoms with Crippen LogP contribution in [0.1, 0.15) is 25.3 Å². The smallest absolute Gasteiger partial charge is 0.232 e. The maximum absolute atomic E-state index is 13.5. The minimum Gasteiger partial charge on any atom is -0.398 e. The first-order valence-electron chi connectivity index (χ1n) is 5.42. The Hall–Kier alpha value is -1.30. The van der Waals surface area contributed by atoms with Gasteiger partial charge >= 0.3 is 0 Å². The van der Waals surface area contributed by atoms with Gasteiger partial charge in [0.15, 0.2) is 0 Å². The van der Waals surface area contributed by atoms with E-state index in [2.05, 4.69) is 4.72 Å². The van der Waals surface area contributed by atoms with E-state index >= 15 is 0 Å². The standard InChI is InChI=1S/C11H17FN2O2S/c1-3-4-7-17(15,16)14-11-8(2)10(13)6-5-9(11)12/h5-6,14H,3-4,7,13H2,1-2H3. The van der Waals surface area contributed by atoms with Gasteiger partial charge in [0.05, 0.1) is 11.4 Å². The molecule has 0 aliphatic carbocycles. The van der Waals surface area contributed by atoms with E-state index in [1.54, 1.807) is 6.92 Å². The fourth-order valence-corrected chi connectivity index (χ4v) is 2.69. The summed E-state index contributed by atoms with van der Waals surface area (Å²) in [6.07, 6.45) is 1.30. The zero-order valence-corrected chi connectivity index (χ0v) is 10.8. The summed E-state index contributed by atoms with van der Waals surface area (Å²) < 4.78 is 39.1. The maximum atomic E-state index is 13.5. The van der Waals surface area contributed by atoms with E-state index in [0.29, 0.717) is 17.7 Å². The third-order valence-electron chi connectivity index (χ3n) is 2.48. The van der Waals surface area contributed by atoms with Crippen LogP contribution in [0.25, 0.3) is 0 Å². The summed E-state index contributed by atoms with van der Waals surface area (Å²) in [6, 6.07) is 2.56. The van der Waals surface area contributed by atoms with Crippen LogP contribution in [0, 0.1) is 12.7 Å². The summed E-state index contributed by atoms with van der Waals surface area (Å²) in [5.41, 5.74) is 6.32. The molecule has 1 aromatic carbocycles. The first kappa shape index (κ1) is 13.8. The number of hydrogen-bond acceptors (Lipinski definition) is 3. The molecule has 6 heteroatoms. The van der Waals surface area contributed by atoms with Crippen molar-refractivity contribution in [1.29, 1.82) is 0 Å². The van der Waals surface area contributed by atoms with Crippen molar-refractivity contribution in [2.75, 3.05) is 16.2 Å². The first-order chi connectivity index (χ1) is 7.87. The van der Waals surface area contributed by atoms with Crippen LogP contribution in [0.15, 0.2) is 12.1 Å². The summed E-state index contributed by atoms with van der Waals surface area (Å²) in [4.78, 5) is 0. The van der Waals surface area contributed by atoms with E-state index in [4.69, 9.17) is 5.73 Å². The van der Waals surface area contributed by atoms with Gasteiger partial charge in [-0.05, 0) is 31.0 Å². The molecule has 0 saturated carbocycles. The number of nitrogens with two attached hydrogens (primary N) is 1. The number of nitrogens with one attached hydrogen (secondary N) is 1. The van der Waals surface area contributed by atoms with Gasteiger partial charge in [-0.15, -0.1) is 0 Å². The molecule has 0 unspecified atom stereocenters. The highest BCUT2D eigenvalue weighted by molar-refractivity contribution is 7.92. The molecule has 0 aliphatic heterocycles. The predicted octanol–water partition coefficient (Wildman–Crippen LogP) is 2.26. The molecule has 0 radical (unpaired) electrons. The Morgan fingerprint density at radius 1 is 1.41 bits per heavy atom. The molecule has 0 heterocycles. The van der Waals surface area contributed by atoms with E-state index in [9.17, 15) is 12.8 Å². The molecule has 0 fully saturated rings. The zero-order valence-electron chi connectivity index (χ0n) is 9.96. The summed E-state index contributed by atoms with van der Waals surface area (Å²) in [5, 5.41) is 0. The molecule has 96 valence electrons. The Balaban J connectivity index is 2.99. The molecule has 1 rings (SSSR count). The van der Waals surface area contributed by atoms with Crippen molar-refractivity contribution in [2.24, 2.45) is 0 Å². The van der Waals surface area contributed by atoms with Crippen LogP contribution in [0.4, 0.5) is 15.8 Å². The van der Waals surface area contributed by atoms with Gasteiger partial charge < -0.3 is 5.73 Å². The monoisotopic (exact) mass is 260 g/mol. The summed E-state index contributed by atoms with van der Waals surface area (Å²) in [6.45, 7) is 3.47. The number of hydrogen-bond donors (Lipinski definition) is 2. The molecule has 0 saturated heterocycles. The zero-order chi connectivity index (χ0) is 13.1. The second-order valence-electron chi connectivity index (χ2n) is 3.91. The summed E-state index contributed by atoms with van der Waals surface area (Å²) in [5.74, 6) is -0.631. The third-order valence-corrected chi connectivity index (χ3v) is 3.82. The van der Waals surface area contributed by atoms with Gasteiger partial charge in [0.2, 0.25) is 10.0 Å². The number of rotatable bonds is 5. The largest absolute Gasteiger partial charge is 0.398 e. The molecular weight excluding hydrogens is 243 g/mol. The molecule has 0 spiro atoms. The van der Waals surface area contributed by atoms with Crippen LogP contribution in [0.2, 0.25) is 0 Å². The number of sulfonamides is 1. The van der Waals surface area contributed by atoms with E-state index in [0.717, 1.165) is 12.5 Å². The average molecular weight is 260 g/mol. The molecule has 4 nitrogen and oxygen atoms in total. The van der Waals surface area contributed by atoms with Crippen molar-refractivity contribution < 1.29 is 12.8 Å². The van der Waals surface area contributed by atoms with Crippen molar-refractivity contribution in [3.8, 4) is 0 Å². The van der Waals surface area contributed by atoms with Crippen molar-refractivity contribution in [2.45, 2.75) is 26.7 Å². The Morgan fingerprint density at radius 2 is 2.06 bits per heavy atom. The average Bonchev–Trinajstić information content (AvgIpc) is 2.27. The van der Waals surface area contributed by atoms with Crippen LogP contribution in [-0.2, 0) is 10.0 Å². The van der Waals surface area contributed by atoms with Gasteiger partial charge in [-0.25, -0.2) is 12.8 Å². The topological polar surface area (TPSA) is 72.2 Å². The van der Waals surface area contributed by atoms with Gasteiger partial charge in [-0.3, -0.25) is 4.72 Å². The lowest BCUT2D eigenvalue weighted by Crippen LogP contribution is -2.18. The van der Waals surface area contributed by atoms with E-state index < -0.39 is 15.8 Å². The number of halogens is 1. The Bertz CT molecular complexity index is 500. The van der Waals surface area contributed by atoms with Crippen molar-refractivity contribution in [1.82, 2.24) is 0 Å². The fourth-order valence-electron chi connectivity index (χ4n) is 1.36. The minimum absolute atomic E-state index is 0.0167. The molecule has 0 aliphatic rings. The SMILES string of the molecule is CCCCS(=O)(=O)Nc1c(F)ccc(N)c1C. The highest BCUT2D eigenvalue weighted by Gasteiger charge is 2.15. The lowest BCUT2D eigenvalue weighted by molar-refractivity contribution is 0.595. The summed E-state index contributed by atoms with van der Waals surface area (Å²) >= 11 is 0. The van der Waals surface area contributed by atoms with E-state index in [1.807, 2.05) is 6.92 Å². The van der Waals surface area contributed by atoms with Crippen LogP contribution in [-0.4, -0.2) is 14.2 Å². The summed E-state index contributed by atoms with van der Waals surface area (Å²) in [7, 11) is -3.50. The van der Waals surface area contributed by atoms with Gasteiger partial charge in [-0.1, -0.05) is 13.3 Å². The predicted molar refractivity (Wildman–Crippen MR) is 67.9 cm³/mol. The van der Waals surface area contributed by atoms with Crippen LogP contribution in [0.3, 0.4) is 0 Å². The highest BCUT2D eigenvalue weighted by Crippen LogP contribution is 2.25. The molecule has 0 bridgehead atoms. The number of unbranched alkanes of at least 4 members (excludes halogenated alkanes) is 1.